The molecule has 0 aliphatic heterocycles. The number of hydrogen-bond donors (Lipinski definition) is 0. The predicted octanol–water partition coefficient (Wildman–Crippen LogP) is 2.37. The highest BCUT2D eigenvalue weighted by Gasteiger charge is 2.13. The summed E-state index contributed by atoms with van der Waals surface area (Å²) in [5, 5.41) is 8.54. The Morgan fingerprint density at radius 1 is 1.33 bits per heavy atom. The average molecular weight is 166 g/mol. The smallest absolute Gasteiger partial charge is 0.179 e. The first-order valence-corrected chi connectivity index (χ1v) is 4.94. The van der Waals surface area contributed by atoms with Gasteiger partial charge in [0, 0.05) is 13.6 Å². The van der Waals surface area contributed by atoms with E-state index in [9.17, 15) is 0 Å². The van der Waals surface area contributed by atoms with Crippen molar-refractivity contribution >= 4 is 0 Å². The number of nitriles is 1. The van der Waals surface area contributed by atoms with Crippen LogP contribution >= 0.6 is 0 Å². The van der Waals surface area contributed by atoms with Gasteiger partial charge in [-0.15, -0.1) is 0 Å². The third-order valence-electron chi connectivity index (χ3n) is 2.77. The van der Waals surface area contributed by atoms with Gasteiger partial charge in [-0.1, -0.05) is 32.1 Å². The molecule has 2 nitrogen and oxygen atoms in total. The molecule has 0 heterocycles. The molecule has 0 spiro atoms. The van der Waals surface area contributed by atoms with Crippen LogP contribution < -0.4 is 0 Å². The molecule has 0 aromatic heterocycles. The Labute approximate surface area is 75.2 Å². The Morgan fingerprint density at radius 3 is 2.58 bits per heavy atom. The van der Waals surface area contributed by atoms with Crippen molar-refractivity contribution in [2.24, 2.45) is 5.92 Å². The topological polar surface area (TPSA) is 27.0 Å². The lowest BCUT2D eigenvalue weighted by molar-refractivity contribution is 0.307. The van der Waals surface area contributed by atoms with Gasteiger partial charge >= 0.3 is 0 Å². The fourth-order valence-electron chi connectivity index (χ4n) is 1.90. The summed E-state index contributed by atoms with van der Waals surface area (Å²) in [6.45, 7) is 0.946. The number of nitrogens with zero attached hydrogens (tertiary/aromatic N) is 2. The molecule has 1 rings (SSSR count). The Bertz CT molecular complexity index is 154. The molecular weight excluding hydrogens is 148 g/mol. The van der Waals surface area contributed by atoms with Gasteiger partial charge in [0.05, 0.1) is 0 Å². The highest BCUT2D eigenvalue weighted by atomic mass is 15.1. The predicted molar refractivity (Wildman–Crippen MR) is 49.4 cm³/mol. The summed E-state index contributed by atoms with van der Waals surface area (Å²) in [6.07, 6.45) is 10.4. The van der Waals surface area contributed by atoms with Crippen molar-refractivity contribution in [2.75, 3.05) is 13.6 Å². The first-order valence-electron chi connectivity index (χ1n) is 4.94. The zero-order chi connectivity index (χ0) is 8.81. The van der Waals surface area contributed by atoms with E-state index in [1.165, 1.54) is 38.5 Å². The van der Waals surface area contributed by atoms with Gasteiger partial charge in [-0.05, 0) is 12.3 Å². The van der Waals surface area contributed by atoms with Crippen molar-refractivity contribution in [3.05, 3.63) is 0 Å². The van der Waals surface area contributed by atoms with Gasteiger partial charge in [0.15, 0.2) is 6.19 Å². The van der Waals surface area contributed by atoms with Crippen LogP contribution in [0.25, 0.3) is 0 Å². The minimum absolute atomic E-state index is 0.898. The molecule has 2 heteroatoms. The zero-order valence-corrected chi connectivity index (χ0v) is 7.92. The molecule has 1 aliphatic carbocycles. The molecule has 0 aromatic rings. The molecule has 0 saturated heterocycles. The lowest BCUT2D eigenvalue weighted by Crippen LogP contribution is -2.17. The molecule has 1 aliphatic rings. The molecule has 0 unspecified atom stereocenters. The maximum Gasteiger partial charge on any atom is 0.179 e. The van der Waals surface area contributed by atoms with Gasteiger partial charge in [-0.25, -0.2) is 0 Å². The van der Waals surface area contributed by atoms with Gasteiger partial charge in [0.25, 0.3) is 0 Å². The molecule has 0 aromatic carbocycles. The molecule has 1 saturated carbocycles. The third-order valence-corrected chi connectivity index (χ3v) is 2.77. The van der Waals surface area contributed by atoms with Gasteiger partial charge in [0.2, 0.25) is 0 Å². The highest BCUT2D eigenvalue weighted by molar-refractivity contribution is 4.72. The molecule has 0 amide bonds. The second kappa shape index (κ2) is 5.03. The van der Waals surface area contributed by atoms with Crippen LogP contribution in [0.4, 0.5) is 0 Å². The zero-order valence-electron chi connectivity index (χ0n) is 7.92. The van der Waals surface area contributed by atoms with Crippen LogP contribution in [0.5, 0.6) is 0 Å². The molecule has 12 heavy (non-hydrogen) atoms. The normalized spacial score (nSPS) is 18.7. The van der Waals surface area contributed by atoms with Crippen molar-refractivity contribution in [1.82, 2.24) is 4.90 Å². The van der Waals surface area contributed by atoms with Crippen LogP contribution in [0.2, 0.25) is 0 Å². The van der Waals surface area contributed by atoms with E-state index >= 15 is 0 Å². The maximum absolute atomic E-state index is 8.54. The lowest BCUT2D eigenvalue weighted by atomic mass is 9.87. The standard InChI is InChI=1S/C10H18N2/c1-12(9-11)8-7-10-5-3-2-4-6-10/h10H,2-8H2,1H3. The van der Waals surface area contributed by atoms with Gasteiger partial charge in [-0.3, -0.25) is 0 Å². The van der Waals surface area contributed by atoms with E-state index in [0.717, 1.165) is 12.5 Å². The van der Waals surface area contributed by atoms with E-state index in [4.69, 9.17) is 5.26 Å². The molecule has 0 bridgehead atoms. The van der Waals surface area contributed by atoms with Crippen LogP contribution in [0, 0.1) is 17.4 Å². The quantitative estimate of drug-likeness (QED) is 0.475. The molecule has 0 atom stereocenters. The SMILES string of the molecule is CN(C#N)CCC1CCCCC1. The van der Waals surface area contributed by atoms with E-state index in [-0.39, 0.29) is 0 Å². The van der Waals surface area contributed by atoms with Crippen LogP contribution in [0.15, 0.2) is 0 Å². The Kier molecular flexibility index (Phi) is 3.93. The molecule has 0 N–H and O–H groups in total. The number of rotatable bonds is 3. The first-order chi connectivity index (χ1) is 5.83. The Balaban J connectivity index is 2.10. The van der Waals surface area contributed by atoms with Crippen LogP contribution in [-0.4, -0.2) is 18.5 Å². The van der Waals surface area contributed by atoms with Gasteiger partial charge in [0.1, 0.15) is 0 Å². The van der Waals surface area contributed by atoms with Crippen molar-refractivity contribution in [3.63, 3.8) is 0 Å². The highest BCUT2D eigenvalue weighted by Crippen LogP contribution is 2.26. The summed E-state index contributed by atoms with van der Waals surface area (Å²) < 4.78 is 0. The maximum atomic E-state index is 8.54. The second-order valence-electron chi connectivity index (χ2n) is 3.81. The minimum Gasteiger partial charge on any atom is -0.314 e. The van der Waals surface area contributed by atoms with Gasteiger partial charge in [-0.2, -0.15) is 5.26 Å². The minimum atomic E-state index is 0.898. The summed E-state index contributed by atoms with van der Waals surface area (Å²) in [5.74, 6) is 0.898. The van der Waals surface area contributed by atoms with Crippen LogP contribution in [-0.2, 0) is 0 Å². The van der Waals surface area contributed by atoms with E-state index in [2.05, 4.69) is 6.19 Å². The van der Waals surface area contributed by atoms with Crippen molar-refractivity contribution < 1.29 is 0 Å². The molecule has 68 valence electrons. The lowest BCUT2D eigenvalue weighted by Gasteiger charge is -2.22. The van der Waals surface area contributed by atoms with Crippen molar-refractivity contribution in [2.45, 2.75) is 38.5 Å². The fraction of sp³-hybridized carbons (Fsp3) is 0.900. The Hall–Kier alpha value is -0.710. The fourth-order valence-corrected chi connectivity index (χ4v) is 1.90. The van der Waals surface area contributed by atoms with E-state index in [0.29, 0.717) is 0 Å². The summed E-state index contributed by atoms with van der Waals surface area (Å²) in [6, 6.07) is 0. The number of hydrogen-bond acceptors (Lipinski definition) is 2. The third kappa shape index (κ3) is 3.13. The van der Waals surface area contributed by atoms with E-state index < -0.39 is 0 Å². The largest absolute Gasteiger partial charge is 0.314 e. The summed E-state index contributed by atoms with van der Waals surface area (Å²) in [4.78, 5) is 1.73. The first kappa shape index (κ1) is 9.38. The van der Waals surface area contributed by atoms with Crippen molar-refractivity contribution in [1.29, 1.82) is 5.26 Å². The summed E-state index contributed by atoms with van der Waals surface area (Å²) >= 11 is 0. The molecular formula is C10H18N2. The van der Waals surface area contributed by atoms with E-state index in [1.54, 1.807) is 4.90 Å². The average Bonchev–Trinajstić information content (AvgIpc) is 2.16. The van der Waals surface area contributed by atoms with Gasteiger partial charge < -0.3 is 4.90 Å². The Morgan fingerprint density at radius 2 is 2.00 bits per heavy atom. The van der Waals surface area contributed by atoms with Crippen molar-refractivity contribution in [3.8, 4) is 6.19 Å². The molecule has 1 fully saturated rings. The molecule has 0 radical (unpaired) electrons. The summed E-state index contributed by atoms with van der Waals surface area (Å²) in [5.41, 5.74) is 0. The van der Waals surface area contributed by atoms with Crippen LogP contribution in [0.1, 0.15) is 38.5 Å². The summed E-state index contributed by atoms with van der Waals surface area (Å²) in [7, 11) is 1.86. The second-order valence-corrected chi connectivity index (χ2v) is 3.81. The van der Waals surface area contributed by atoms with E-state index in [1.807, 2.05) is 7.05 Å². The monoisotopic (exact) mass is 166 g/mol. The van der Waals surface area contributed by atoms with Crippen LogP contribution in [0.3, 0.4) is 0 Å².